The number of hydrogen-bond donors (Lipinski definition) is 2. The Hall–Kier alpha value is -2.38. The van der Waals surface area contributed by atoms with Gasteiger partial charge in [0.15, 0.2) is 5.82 Å². The smallest absolute Gasteiger partial charge is 0.242 e. The molecular weight excluding hydrogens is 294 g/mol. The van der Waals surface area contributed by atoms with Crippen molar-refractivity contribution in [3.63, 3.8) is 0 Å². The van der Waals surface area contributed by atoms with Crippen LogP contribution in [0, 0.1) is 0 Å². The summed E-state index contributed by atoms with van der Waals surface area (Å²) in [5, 5.41) is 14.6. The molecule has 0 spiro atoms. The van der Waals surface area contributed by atoms with Crippen molar-refractivity contribution in [1.29, 1.82) is 0 Å². The Kier molecular flexibility index (Phi) is 3.72. The molecule has 0 radical (unpaired) electrons. The summed E-state index contributed by atoms with van der Waals surface area (Å²) in [5.74, 6) is 1.73. The number of nitrogens with one attached hydrogen (secondary N) is 2. The zero-order chi connectivity index (χ0) is 15.6. The van der Waals surface area contributed by atoms with Gasteiger partial charge in [0.25, 0.3) is 0 Å². The molecule has 122 valence electrons. The lowest BCUT2D eigenvalue weighted by molar-refractivity contribution is -0.122. The van der Waals surface area contributed by atoms with E-state index in [1.54, 1.807) is 6.33 Å². The van der Waals surface area contributed by atoms with Crippen LogP contribution in [-0.2, 0) is 11.3 Å². The number of carbonyl (C=O) groups excluding carboxylic acids is 1. The summed E-state index contributed by atoms with van der Waals surface area (Å²) in [6.45, 7) is 2.07. The third-order valence-electron chi connectivity index (χ3n) is 4.56. The normalized spacial score (nSPS) is 19.0. The Morgan fingerprint density at radius 3 is 2.83 bits per heavy atom. The van der Waals surface area contributed by atoms with Crippen molar-refractivity contribution in [3.05, 3.63) is 24.4 Å². The third kappa shape index (κ3) is 3.35. The fraction of sp³-hybridized carbons (Fsp3) is 0.600. The van der Waals surface area contributed by atoms with E-state index in [1.807, 2.05) is 0 Å². The van der Waals surface area contributed by atoms with Gasteiger partial charge in [-0.1, -0.05) is 0 Å². The minimum absolute atomic E-state index is 0.00950. The minimum Gasteiger partial charge on any atom is -0.355 e. The molecule has 1 aliphatic heterocycles. The molecule has 2 aromatic heterocycles. The molecule has 8 heteroatoms. The van der Waals surface area contributed by atoms with Gasteiger partial charge < -0.3 is 10.2 Å². The van der Waals surface area contributed by atoms with Crippen LogP contribution in [0.2, 0.25) is 0 Å². The number of aromatic amines is 1. The zero-order valence-electron chi connectivity index (χ0n) is 13.0. The van der Waals surface area contributed by atoms with Crippen LogP contribution in [0.4, 0.5) is 5.82 Å². The van der Waals surface area contributed by atoms with Gasteiger partial charge in [0.2, 0.25) is 5.91 Å². The van der Waals surface area contributed by atoms with Crippen LogP contribution in [0.15, 0.2) is 18.7 Å². The predicted molar refractivity (Wildman–Crippen MR) is 84.0 cm³/mol. The highest BCUT2D eigenvalue weighted by molar-refractivity contribution is 5.75. The van der Waals surface area contributed by atoms with Crippen LogP contribution in [0.5, 0.6) is 0 Å². The molecule has 0 aromatic carbocycles. The number of nitrogens with zero attached hydrogens (tertiary/aromatic N) is 5. The molecule has 0 bridgehead atoms. The number of hydrogen-bond acceptors (Lipinski definition) is 5. The molecule has 1 aliphatic carbocycles. The number of piperidine rings is 1. The highest BCUT2D eigenvalue weighted by Crippen LogP contribution is 2.40. The average Bonchev–Trinajstić information content (AvgIpc) is 3.07. The number of anilines is 1. The van der Waals surface area contributed by atoms with E-state index < -0.39 is 0 Å². The van der Waals surface area contributed by atoms with Crippen molar-refractivity contribution < 1.29 is 4.79 Å². The Labute approximate surface area is 134 Å². The molecule has 2 fully saturated rings. The maximum Gasteiger partial charge on any atom is 0.242 e. The first-order valence-electron chi connectivity index (χ1n) is 8.20. The molecule has 4 rings (SSSR count). The van der Waals surface area contributed by atoms with Crippen molar-refractivity contribution in [3.8, 4) is 0 Å². The van der Waals surface area contributed by atoms with E-state index in [2.05, 4.69) is 36.6 Å². The summed E-state index contributed by atoms with van der Waals surface area (Å²) >= 11 is 0. The van der Waals surface area contributed by atoms with Crippen LogP contribution in [-0.4, -0.2) is 50.0 Å². The van der Waals surface area contributed by atoms with Gasteiger partial charge in [-0.25, -0.2) is 9.67 Å². The van der Waals surface area contributed by atoms with Gasteiger partial charge in [0.05, 0.1) is 0 Å². The summed E-state index contributed by atoms with van der Waals surface area (Å²) < 4.78 is 1.54. The second kappa shape index (κ2) is 6.02. The van der Waals surface area contributed by atoms with E-state index >= 15 is 0 Å². The van der Waals surface area contributed by atoms with Crippen molar-refractivity contribution in [2.24, 2.45) is 0 Å². The van der Waals surface area contributed by atoms with E-state index in [-0.39, 0.29) is 18.5 Å². The van der Waals surface area contributed by atoms with Crippen LogP contribution in [0.25, 0.3) is 0 Å². The van der Waals surface area contributed by atoms with Gasteiger partial charge >= 0.3 is 0 Å². The quantitative estimate of drug-likeness (QED) is 0.846. The van der Waals surface area contributed by atoms with Crippen molar-refractivity contribution >= 4 is 11.7 Å². The van der Waals surface area contributed by atoms with Crippen molar-refractivity contribution in [2.75, 3.05) is 18.0 Å². The topological polar surface area (TPSA) is 91.7 Å². The van der Waals surface area contributed by atoms with E-state index in [0.717, 1.165) is 31.7 Å². The van der Waals surface area contributed by atoms with Crippen molar-refractivity contribution in [2.45, 2.75) is 44.2 Å². The molecule has 2 aromatic rings. The molecule has 2 aliphatic rings. The van der Waals surface area contributed by atoms with E-state index in [4.69, 9.17) is 0 Å². The molecule has 1 saturated carbocycles. The molecule has 3 heterocycles. The Bertz CT molecular complexity index is 653. The first-order valence-corrected chi connectivity index (χ1v) is 8.20. The molecule has 1 saturated heterocycles. The Balaban J connectivity index is 1.26. The highest BCUT2D eigenvalue weighted by Gasteiger charge is 2.27. The van der Waals surface area contributed by atoms with Gasteiger partial charge in [-0.3, -0.25) is 9.89 Å². The maximum absolute atomic E-state index is 12.0. The van der Waals surface area contributed by atoms with Gasteiger partial charge in [-0.15, -0.1) is 0 Å². The molecule has 1 amide bonds. The van der Waals surface area contributed by atoms with Crippen LogP contribution in [0.1, 0.15) is 37.3 Å². The van der Waals surface area contributed by atoms with Gasteiger partial charge in [0, 0.05) is 36.8 Å². The lowest BCUT2D eigenvalue weighted by atomic mass is 10.0. The standard InChI is InChI=1S/C15H21N7O/c23-15(8-22-10-16-9-17-22)18-12-3-5-21(6-4-12)14-7-13(19-20-14)11-1-2-11/h7,9-12H,1-6,8H2,(H,18,23)(H,19,20). The maximum atomic E-state index is 12.0. The SMILES string of the molecule is O=C(Cn1cncn1)NC1CCN(c2cc(C3CC3)[nH]n2)CC1. The Morgan fingerprint density at radius 1 is 1.30 bits per heavy atom. The first-order chi connectivity index (χ1) is 11.3. The molecule has 0 atom stereocenters. The van der Waals surface area contributed by atoms with Crippen molar-refractivity contribution in [1.82, 2.24) is 30.3 Å². The van der Waals surface area contributed by atoms with E-state index in [9.17, 15) is 4.79 Å². The van der Waals surface area contributed by atoms with Gasteiger partial charge in [-0.2, -0.15) is 10.2 Å². The van der Waals surface area contributed by atoms with Crippen LogP contribution < -0.4 is 10.2 Å². The largest absolute Gasteiger partial charge is 0.355 e. The number of rotatable bonds is 5. The minimum atomic E-state index is -0.00950. The first kappa shape index (κ1) is 14.2. The van der Waals surface area contributed by atoms with E-state index in [0.29, 0.717) is 5.92 Å². The zero-order valence-corrected chi connectivity index (χ0v) is 13.0. The van der Waals surface area contributed by atoms with Gasteiger partial charge in [-0.05, 0) is 25.7 Å². The number of H-pyrrole nitrogens is 1. The molecular formula is C15H21N7O. The summed E-state index contributed by atoms with van der Waals surface area (Å²) in [6.07, 6.45) is 7.43. The lowest BCUT2D eigenvalue weighted by Gasteiger charge is -2.32. The summed E-state index contributed by atoms with van der Waals surface area (Å²) in [5.41, 5.74) is 1.27. The molecule has 23 heavy (non-hydrogen) atoms. The number of carbonyl (C=O) groups is 1. The predicted octanol–water partition coefficient (Wildman–Crippen LogP) is 0.664. The summed E-state index contributed by atoms with van der Waals surface area (Å²) in [6, 6.07) is 2.41. The second-order valence-electron chi connectivity index (χ2n) is 6.38. The number of amides is 1. The van der Waals surface area contributed by atoms with Crippen LogP contribution >= 0.6 is 0 Å². The fourth-order valence-corrected chi connectivity index (χ4v) is 3.08. The fourth-order valence-electron chi connectivity index (χ4n) is 3.08. The lowest BCUT2D eigenvalue weighted by Crippen LogP contribution is -2.45. The number of aromatic nitrogens is 5. The monoisotopic (exact) mass is 315 g/mol. The molecule has 8 nitrogen and oxygen atoms in total. The third-order valence-corrected chi connectivity index (χ3v) is 4.56. The Morgan fingerprint density at radius 2 is 2.13 bits per heavy atom. The second-order valence-corrected chi connectivity index (χ2v) is 6.38. The van der Waals surface area contributed by atoms with Gasteiger partial charge in [0.1, 0.15) is 19.2 Å². The summed E-state index contributed by atoms with van der Waals surface area (Å²) in [7, 11) is 0. The molecule has 0 unspecified atom stereocenters. The van der Waals surface area contributed by atoms with E-state index in [1.165, 1.54) is 29.5 Å². The average molecular weight is 315 g/mol. The van der Waals surface area contributed by atoms with Crippen LogP contribution in [0.3, 0.4) is 0 Å². The highest BCUT2D eigenvalue weighted by atomic mass is 16.2. The summed E-state index contributed by atoms with van der Waals surface area (Å²) in [4.78, 5) is 18.1. The molecule has 2 N–H and O–H groups in total.